The highest BCUT2D eigenvalue weighted by molar-refractivity contribution is 7.27. The lowest BCUT2D eigenvalue weighted by molar-refractivity contribution is 0.669. The second-order valence-corrected chi connectivity index (χ2v) is 15.4. The molecule has 12 rings (SSSR count). The molecule has 3 aromatic heterocycles. The molecule has 3 heterocycles. The maximum Gasteiger partial charge on any atom is 0.143 e. The van der Waals surface area contributed by atoms with E-state index in [4.69, 9.17) is 8.83 Å². The molecule has 3 nitrogen and oxygen atoms in total. The van der Waals surface area contributed by atoms with E-state index in [1.54, 1.807) is 0 Å². The highest BCUT2D eigenvalue weighted by Gasteiger charge is 2.21. The van der Waals surface area contributed by atoms with Gasteiger partial charge in [-0.2, -0.15) is 0 Å². The van der Waals surface area contributed by atoms with Crippen LogP contribution in [0.15, 0.2) is 197 Å². The summed E-state index contributed by atoms with van der Waals surface area (Å²) in [6.07, 6.45) is 0. The summed E-state index contributed by atoms with van der Waals surface area (Å²) < 4.78 is 15.5. The number of anilines is 3. The molecule has 0 atom stereocenters. The van der Waals surface area contributed by atoms with E-state index in [1.807, 2.05) is 17.4 Å². The number of rotatable bonds is 5. The Kier molecular flexibility index (Phi) is 6.80. The number of thiophene rings is 1. The van der Waals surface area contributed by atoms with Gasteiger partial charge in [0.05, 0.1) is 11.1 Å². The second kappa shape index (κ2) is 12.2. The van der Waals surface area contributed by atoms with E-state index in [2.05, 4.69) is 187 Å². The first kappa shape index (κ1) is 31.2. The van der Waals surface area contributed by atoms with Gasteiger partial charge in [-0.3, -0.25) is 0 Å². The van der Waals surface area contributed by atoms with Crippen LogP contribution in [0.3, 0.4) is 0 Å². The van der Waals surface area contributed by atoms with Crippen LogP contribution in [-0.2, 0) is 0 Å². The molecule has 4 heteroatoms. The number of benzene rings is 9. The number of furan rings is 2. The Hall–Kier alpha value is -7.14. The fourth-order valence-electron chi connectivity index (χ4n) is 8.66. The lowest BCUT2D eigenvalue weighted by atomic mass is 10.0. The highest BCUT2D eigenvalue weighted by atomic mass is 32.1. The normalized spacial score (nSPS) is 11.9. The molecule has 0 unspecified atom stereocenters. The smallest absolute Gasteiger partial charge is 0.143 e. The zero-order valence-electron chi connectivity index (χ0n) is 30.1. The molecule has 0 aliphatic heterocycles. The Morgan fingerprint density at radius 3 is 1.82 bits per heavy atom. The van der Waals surface area contributed by atoms with Crippen LogP contribution >= 0.6 is 11.3 Å². The van der Waals surface area contributed by atoms with Gasteiger partial charge in [0.15, 0.2) is 0 Å². The molecule has 0 spiro atoms. The van der Waals surface area contributed by atoms with Crippen molar-refractivity contribution < 1.29 is 8.83 Å². The molecular formula is C52H31NO2S. The van der Waals surface area contributed by atoms with E-state index < -0.39 is 0 Å². The molecule has 0 fully saturated rings. The minimum absolute atomic E-state index is 0.868. The maximum absolute atomic E-state index is 6.66. The van der Waals surface area contributed by atoms with Gasteiger partial charge in [-0.15, -0.1) is 11.3 Å². The Morgan fingerprint density at radius 1 is 0.357 bits per heavy atom. The minimum atomic E-state index is 0.868. The quantitative estimate of drug-likeness (QED) is 0.176. The summed E-state index contributed by atoms with van der Waals surface area (Å²) >= 11 is 1.86. The SMILES string of the molecule is c1ccc(-c2ccc(N(c3ccc(-c4cccc5c4sc4c5ccc5oc6ccccc6c54)cc3)c3cccc4oc5c6ccccc6ccc5c34)cc2)cc1. The van der Waals surface area contributed by atoms with Crippen LogP contribution in [0, 0.1) is 0 Å². The van der Waals surface area contributed by atoms with Crippen molar-refractivity contribution in [1.29, 1.82) is 0 Å². The van der Waals surface area contributed by atoms with Crippen LogP contribution in [0.25, 0.3) is 97.1 Å². The lowest BCUT2D eigenvalue weighted by Crippen LogP contribution is -2.10. The summed E-state index contributed by atoms with van der Waals surface area (Å²) in [5.74, 6) is 0. The monoisotopic (exact) mass is 733 g/mol. The zero-order chi connectivity index (χ0) is 36.7. The van der Waals surface area contributed by atoms with Crippen LogP contribution in [0.2, 0.25) is 0 Å². The first-order valence-electron chi connectivity index (χ1n) is 18.9. The van der Waals surface area contributed by atoms with Crippen LogP contribution < -0.4 is 4.90 Å². The average Bonchev–Trinajstić information content (AvgIpc) is 3.96. The number of fused-ring (bicyclic) bond motifs is 12. The molecule has 56 heavy (non-hydrogen) atoms. The largest absolute Gasteiger partial charge is 0.456 e. The third-order valence-corrected chi connectivity index (χ3v) is 12.6. The van der Waals surface area contributed by atoms with Crippen LogP contribution in [-0.4, -0.2) is 0 Å². The van der Waals surface area contributed by atoms with Crippen molar-refractivity contribution in [1.82, 2.24) is 0 Å². The van der Waals surface area contributed by atoms with Gasteiger partial charge in [-0.05, 0) is 88.3 Å². The van der Waals surface area contributed by atoms with Gasteiger partial charge in [-0.1, -0.05) is 127 Å². The number of nitrogens with zero attached hydrogens (tertiary/aromatic N) is 1. The number of hydrogen-bond acceptors (Lipinski definition) is 4. The Bertz CT molecular complexity index is 3460. The predicted molar refractivity (Wildman–Crippen MR) is 237 cm³/mol. The maximum atomic E-state index is 6.66. The Labute approximate surface area is 325 Å². The molecule has 12 aromatic rings. The number of hydrogen-bond donors (Lipinski definition) is 0. The minimum Gasteiger partial charge on any atom is -0.456 e. The Morgan fingerprint density at radius 2 is 0.982 bits per heavy atom. The molecular weight excluding hydrogens is 703 g/mol. The van der Waals surface area contributed by atoms with Gasteiger partial charge in [0, 0.05) is 53.1 Å². The summed E-state index contributed by atoms with van der Waals surface area (Å²) in [7, 11) is 0. The molecule has 0 saturated carbocycles. The van der Waals surface area contributed by atoms with Crippen LogP contribution in [0.5, 0.6) is 0 Å². The fraction of sp³-hybridized carbons (Fsp3) is 0. The van der Waals surface area contributed by atoms with Crippen molar-refractivity contribution in [2.75, 3.05) is 4.90 Å². The van der Waals surface area contributed by atoms with Gasteiger partial charge in [0.25, 0.3) is 0 Å². The summed E-state index contributed by atoms with van der Waals surface area (Å²) in [6.45, 7) is 0. The average molecular weight is 734 g/mol. The standard InChI is InChI=1S/C52H31NO2S/c1-2-10-32(11-3-1)33-20-25-36(26-21-33)53(44-17-9-19-46-48(44)43-29-24-34-12-4-5-13-38(34)50(43)55-46)37-27-22-35(23-28-37)39-15-8-16-40-41-30-31-47-49(52(41)56-51(39)40)42-14-6-7-18-45(42)54-47/h1-31H. The molecule has 0 aliphatic carbocycles. The van der Waals surface area contributed by atoms with Crippen molar-refractivity contribution >= 4 is 103 Å². The van der Waals surface area contributed by atoms with E-state index in [0.717, 1.165) is 60.9 Å². The van der Waals surface area contributed by atoms with Crippen molar-refractivity contribution in [2.24, 2.45) is 0 Å². The van der Waals surface area contributed by atoms with Gasteiger partial charge in [0.1, 0.15) is 22.3 Å². The Balaban J connectivity index is 1.03. The van der Waals surface area contributed by atoms with Crippen LogP contribution in [0.1, 0.15) is 0 Å². The fourth-order valence-corrected chi connectivity index (χ4v) is 10.1. The van der Waals surface area contributed by atoms with E-state index >= 15 is 0 Å². The summed E-state index contributed by atoms with van der Waals surface area (Å²) in [5.41, 5.74) is 11.6. The van der Waals surface area contributed by atoms with Gasteiger partial charge < -0.3 is 13.7 Å². The third kappa shape index (κ3) is 4.70. The zero-order valence-corrected chi connectivity index (χ0v) is 30.9. The number of para-hydroxylation sites is 1. The molecule has 9 aromatic carbocycles. The van der Waals surface area contributed by atoms with Gasteiger partial charge >= 0.3 is 0 Å². The van der Waals surface area contributed by atoms with Crippen molar-refractivity contribution in [3.8, 4) is 22.3 Å². The molecule has 0 saturated heterocycles. The van der Waals surface area contributed by atoms with Crippen LogP contribution in [0.4, 0.5) is 17.1 Å². The van der Waals surface area contributed by atoms with Gasteiger partial charge in [-0.25, -0.2) is 0 Å². The molecule has 0 radical (unpaired) electrons. The van der Waals surface area contributed by atoms with Crippen molar-refractivity contribution in [3.05, 3.63) is 188 Å². The molecule has 0 aliphatic rings. The molecule has 0 N–H and O–H groups in total. The topological polar surface area (TPSA) is 29.5 Å². The van der Waals surface area contributed by atoms with Gasteiger partial charge in [0.2, 0.25) is 0 Å². The van der Waals surface area contributed by atoms with Crippen molar-refractivity contribution in [2.45, 2.75) is 0 Å². The summed E-state index contributed by atoms with van der Waals surface area (Å²) in [4.78, 5) is 2.37. The lowest BCUT2D eigenvalue weighted by Gasteiger charge is -2.26. The molecule has 262 valence electrons. The molecule has 0 bridgehead atoms. The highest BCUT2D eigenvalue weighted by Crippen LogP contribution is 2.47. The first-order chi connectivity index (χ1) is 27.8. The van der Waals surface area contributed by atoms with E-state index in [1.165, 1.54) is 53.2 Å². The van der Waals surface area contributed by atoms with E-state index in [0.29, 0.717) is 0 Å². The van der Waals surface area contributed by atoms with E-state index in [-0.39, 0.29) is 0 Å². The van der Waals surface area contributed by atoms with Crippen molar-refractivity contribution in [3.63, 3.8) is 0 Å². The predicted octanol–water partition coefficient (Wildman–Crippen LogP) is 15.8. The second-order valence-electron chi connectivity index (χ2n) is 14.4. The summed E-state index contributed by atoms with van der Waals surface area (Å²) in [6, 6.07) is 67.1. The summed E-state index contributed by atoms with van der Waals surface area (Å²) in [5, 5.41) is 9.38. The first-order valence-corrected chi connectivity index (χ1v) is 19.7. The third-order valence-electron chi connectivity index (χ3n) is 11.3. The molecule has 0 amide bonds. The van der Waals surface area contributed by atoms with E-state index in [9.17, 15) is 0 Å².